The first-order valence-corrected chi connectivity index (χ1v) is 6.85. The Bertz CT molecular complexity index is 711. The Hall–Kier alpha value is -1.70. The first-order valence-electron chi connectivity index (χ1n) is 5.68. The normalized spacial score (nSPS) is 11.7. The lowest BCUT2D eigenvalue weighted by Crippen LogP contribution is -2.12. The minimum absolute atomic E-state index is 0.136. The van der Waals surface area contributed by atoms with E-state index in [4.69, 9.17) is 11.6 Å². The number of rotatable bonds is 3. The van der Waals surface area contributed by atoms with E-state index in [1.165, 1.54) is 12.1 Å². The standard InChI is InChI=1S/C15H8BrClFNO/c16-12-6-5-9(7-14(12)18)15(20)11(8-19)10-3-1-2-4-13(10)17/h1-7,11H. The van der Waals surface area contributed by atoms with Gasteiger partial charge in [-0.15, -0.1) is 0 Å². The van der Waals surface area contributed by atoms with Gasteiger partial charge in [0.1, 0.15) is 11.7 Å². The van der Waals surface area contributed by atoms with Crippen LogP contribution in [0.5, 0.6) is 0 Å². The van der Waals surface area contributed by atoms with Crippen LogP contribution >= 0.6 is 27.5 Å². The van der Waals surface area contributed by atoms with Gasteiger partial charge in [-0.05, 0) is 39.7 Å². The van der Waals surface area contributed by atoms with Crippen molar-refractivity contribution in [3.8, 4) is 6.07 Å². The molecular formula is C15H8BrClFNO. The number of nitriles is 1. The van der Waals surface area contributed by atoms with Crippen molar-refractivity contribution in [1.82, 2.24) is 0 Å². The highest BCUT2D eigenvalue weighted by molar-refractivity contribution is 9.10. The molecule has 0 amide bonds. The van der Waals surface area contributed by atoms with Crippen molar-refractivity contribution in [2.45, 2.75) is 5.92 Å². The maximum absolute atomic E-state index is 13.5. The number of nitrogens with zero attached hydrogens (tertiary/aromatic N) is 1. The number of hydrogen-bond donors (Lipinski definition) is 0. The molecule has 0 aliphatic carbocycles. The molecule has 2 aromatic rings. The molecule has 0 saturated carbocycles. The summed E-state index contributed by atoms with van der Waals surface area (Å²) in [7, 11) is 0. The third kappa shape index (κ3) is 2.90. The summed E-state index contributed by atoms with van der Waals surface area (Å²) in [5.74, 6) is -2.08. The van der Waals surface area contributed by atoms with E-state index < -0.39 is 17.5 Å². The van der Waals surface area contributed by atoms with Crippen LogP contribution in [0, 0.1) is 17.1 Å². The molecule has 0 N–H and O–H groups in total. The lowest BCUT2D eigenvalue weighted by Gasteiger charge is -2.10. The highest BCUT2D eigenvalue weighted by atomic mass is 79.9. The molecule has 0 radical (unpaired) electrons. The van der Waals surface area contributed by atoms with E-state index in [1.807, 2.05) is 6.07 Å². The Morgan fingerprint density at radius 2 is 2.00 bits per heavy atom. The summed E-state index contributed by atoms with van der Waals surface area (Å²) in [5, 5.41) is 9.56. The molecule has 100 valence electrons. The van der Waals surface area contributed by atoms with E-state index in [0.717, 1.165) is 6.07 Å². The Kier molecular flexibility index (Phi) is 4.53. The van der Waals surface area contributed by atoms with Gasteiger partial charge >= 0.3 is 0 Å². The molecule has 0 saturated heterocycles. The van der Waals surface area contributed by atoms with E-state index in [1.54, 1.807) is 24.3 Å². The van der Waals surface area contributed by atoms with E-state index in [0.29, 0.717) is 10.6 Å². The number of halogens is 3. The fourth-order valence-electron chi connectivity index (χ4n) is 1.79. The summed E-state index contributed by atoms with van der Waals surface area (Å²) in [5.41, 5.74) is 0.558. The zero-order valence-corrected chi connectivity index (χ0v) is 12.5. The largest absolute Gasteiger partial charge is 0.292 e. The number of carbonyl (C=O) groups is 1. The fraction of sp³-hybridized carbons (Fsp3) is 0.0667. The highest BCUT2D eigenvalue weighted by Crippen LogP contribution is 2.28. The lowest BCUT2D eigenvalue weighted by molar-refractivity contribution is 0.0978. The van der Waals surface area contributed by atoms with Crippen molar-refractivity contribution in [2.24, 2.45) is 0 Å². The van der Waals surface area contributed by atoms with Crippen molar-refractivity contribution in [3.63, 3.8) is 0 Å². The van der Waals surface area contributed by atoms with Gasteiger partial charge in [-0.25, -0.2) is 4.39 Å². The Labute approximate surface area is 128 Å². The summed E-state index contributed by atoms with van der Waals surface area (Å²) >= 11 is 9.02. The molecule has 5 heteroatoms. The minimum Gasteiger partial charge on any atom is -0.292 e. The molecule has 2 aromatic carbocycles. The second-order valence-corrected chi connectivity index (χ2v) is 5.34. The van der Waals surface area contributed by atoms with Gasteiger partial charge in [-0.3, -0.25) is 4.79 Å². The number of ketones is 1. The van der Waals surface area contributed by atoms with Crippen molar-refractivity contribution >= 4 is 33.3 Å². The SMILES string of the molecule is N#CC(C(=O)c1ccc(Br)c(F)c1)c1ccccc1Cl. The van der Waals surface area contributed by atoms with Crippen LogP contribution in [0.25, 0.3) is 0 Å². The van der Waals surface area contributed by atoms with Crippen molar-refractivity contribution in [3.05, 3.63) is 68.9 Å². The average Bonchev–Trinajstić information content (AvgIpc) is 2.44. The number of Topliss-reactive ketones (excluding diaryl/α,β-unsaturated/α-hetero) is 1. The predicted molar refractivity (Wildman–Crippen MR) is 78.2 cm³/mol. The summed E-state index contributed by atoms with van der Waals surface area (Å²) < 4.78 is 13.7. The highest BCUT2D eigenvalue weighted by Gasteiger charge is 2.24. The van der Waals surface area contributed by atoms with Crippen LogP contribution in [0.3, 0.4) is 0 Å². The Morgan fingerprint density at radius 1 is 1.30 bits per heavy atom. The molecule has 0 fully saturated rings. The zero-order chi connectivity index (χ0) is 14.7. The minimum atomic E-state index is -1.05. The van der Waals surface area contributed by atoms with Crippen LogP contribution in [0.2, 0.25) is 5.02 Å². The van der Waals surface area contributed by atoms with Gasteiger partial charge in [0.05, 0.1) is 10.5 Å². The van der Waals surface area contributed by atoms with Crippen molar-refractivity contribution in [2.75, 3.05) is 0 Å². The van der Waals surface area contributed by atoms with Crippen LogP contribution in [-0.2, 0) is 0 Å². The Balaban J connectivity index is 2.42. The molecule has 0 aliphatic heterocycles. The predicted octanol–water partition coefficient (Wildman–Crippen LogP) is 4.73. The molecule has 1 unspecified atom stereocenters. The van der Waals surface area contributed by atoms with Gasteiger partial charge in [0, 0.05) is 10.6 Å². The summed E-state index contributed by atoms with van der Waals surface area (Å²) in [4.78, 5) is 12.3. The molecule has 2 nitrogen and oxygen atoms in total. The van der Waals surface area contributed by atoms with Crippen LogP contribution in [-0.4, -0.2) is 5.78 Å². The first-order chi connectivity index (χ1) is 9.54. The number of carbonyl (C=O) groups excluding carboxylic acids is 1. The maximum atomic E-state index is 13.5. The van der Waals surface area contributed by atoms with Gasteiger partial charge in [0.25, 0.3) is 0 Å². The third-order valence-corrected chi connectivity index (χ3v) is 3.80. The molecule has 0 bridgehead atoms. The third-order valence-electron chi connectivity index (χ3n) is 2.81. The molecule has 0 spiro atoms. The number of benzene rings is 2. The van der Waals surface area contributed by atoms with Crippen LogP contribution in [0.1, 0.15) is 21.8 Å². The van der Waals surface area contributed by atoms with Gasteiger partial charge in [0.15, 0.2) is 5.78 Å². The molecular weight excluding hydrogens is 345 g/mol. The molecule has 20 heavy (non-hydrogen) atoms. The summed E-state index contributed by atoms with van der Waals surface area (Å²) in [6.07, 6.45) is 0. The summed E-state index contributed by atoms with van der Waals surface area (Å²) in [6.45, 7) is 0. The van der Waals surface area contributed by atoms with Crippen LogP contribution in [0.4, 0.5) is 4.39 Å². The maximum Gasteiger partial charge on any atom is 0.184 e. The fourth-order valence-corrected chi connectivity index (χ4v) is 2.29. The molecule has 0 heterocycles. The Morgan fingerprint density at radius 3 is 2.60 bits per heavy atom. The van der Waals surface area contributed by atoms with Crippen molar-refractivity contribution in [1.29, 1.82) is 5.26 Å². The smallest absolute Gasteiger partial charge is 0.184 e. The summed E-state index contributed by atoms with van der Waals surface area (Å²) in [6, 6.07) is 12.6. The van der Waals surface area contributed by atoms with E-state index in [9.17, 15) is 14.4 Å². The molecule has 0 aliphatic rings. The van der Waals surface area contributed by atoms with Gasteiger partial charge in [0.2, 0.25) is 0 Å². The van der Waals surface area contributed by atoms with Crippen molar-refractivity contribution < 1.29 is 9.18 Å². The zero-order valence-electron chi connectivity index (χ0n) is 10.1. The van der Waals surface area contributed by atoms with E-state index in [-0.39, 0.29) is 10.0 Å². The van der Waals surface area contributed by atoms with Gasteiger partial charge in [-0.2, -0.15) is 5.26 Å². The lowest BCUT2D eigenvalue weighted by atomic mass is 9.92. The van der Waals surface area contributed by atoms with Gasteiger partial charge in [-0.1, -0.05) is 35.9 Å². The quantitative estimate of drug-likeness (QED) is 0.749. The number of hydrogen-bond acceptors (Lipinski definition) is 2. The first kappa shape index (κ1) is 14.7. The van der Waals surface area contributed by atoms with E-state index in [2.05, 4.69) is 15.9 Å². The second kappa shape index (κ2) is 6.17. The molecule has 0 aromatic heterocycles. The monoisotopic (exact) mass is 351 g/mol. The topological polar surface area (TPSA) is 40.9 Å². The van der Waals surface area contributed by atoms with E-state index >= 15 is 0 Å². The average molecular weight is 353 g/mol. The second-order valence-electron chi connectivity index (χ2n) is 4.08. The van der Waals surface area contributed by atoms with Crippen LogP contribution < -0.4 is 0 Å². The van der Waals surface area contributed by atoms with Crippen LogP contribution in [0.15, 0.2) is 46.9 Å². The molecule has 1 atom stereocenters. The molecule has 2 rings (SSSR count). The van der Waals surface area contributed by atoms with Gasteiger partial charge < -0.3 is 0 Å².